The Bertz CT molecular complexity index is 538. The van der Waals surface area contributed by atoms with Crippen LogP contribution in [0, 0.1) is 21.8 Å². The molecule has 0 bridgehead atoms. The lowest BCUT2D eigenvalue weighted by atomic mass is 9.88. The Balaban J connectivity index is 1.60. The molecule has 2 aliphatic rings. The molecule has 2 saturated heterocycles. The molecule has 22 heavy (non-hydrogen) atoms. The van der Waals surface area contributed by atoms with E-state index in [1.165, 1.54) is 25.0 Å². The van der Waals surface area contributed by atoms with Crippen molar-refractivity contribution in [2.45, 2.75) is 38.3 Å². The summed E-state index contributed by atoms with van der Waals surface area (Å²) in [7, 11) is 0. The highest BCUT2D eigenvalue weighted by atomic mass is 19.1. The second kappa shape index (κ2) is 6.71. The predicted octanol–water partition coefficient (Wildman–Crippen LogP) is 2.70. The molecule has 1 N–H and O–H groups in total. The SMILES string of the molecule is O=[N+]([O-])c1ccc(F)cc1CN1CCC(C2CCCN2)CC1. The van der Waals surface area contributed by atoms with E-state index in [1.54, 1.807) is 0 Å². The Kier molecular flexibility index (Phi) is 4.69. The van der Waals surface area contributed by atoms with Gasteiger partial charge in [0, 0.05) is 24.2 Å². The van der Waals surface area contributed by atoms with Crippen LogP contribution in [0.5, 0.6) is 0 Å². The highest BCUT2D eigenvalue weighted by molar-refractivity contribution is 5.40. The van der Waals surface area contributed by atoms with Crippen molar-refractivity contribution in [3.05, 3.63) is 39.7 Å². The van der Waals surface area contributed by atoms with Gasteiger partial charge in [0.05, 0.1) is 4.92 Å². The maximum absolute atomic E-state index is 13.4. The number of halogens is 1. The van der Waals surface area contributed by atoms with E-state index in [4.69, 9.17) is 0 Å². The fourth-order valence-electron chi connectivity index (χ4n) is 3.73. The first kappa shape index (κ1) is 15.4. The molecule has 5 nitrogen and oxygen atoms in total. The summed E-state index contributed by atoms with van der Waals surface area (Å²) in [5.41, 5.74) is 0.489. The zero-order valence-electron chi connectivity index (χ0n) is 12.6. The Morgan fingerprint density at radius 3 is 2.73 bits per heavy atom. The van der Waals surface area contributed by atoms with Crippen molar-refractivity contribution in [3.63, 3.8) is 0 Å². The Labute approximate surface area is 129 Å². The number of nitro groups is 1. The molecule has 0 spiro atoms. The molecule has 2 aliphatic heterocycles. The van der Waals surface area contributed by atoms with E-state index in [-0.39, 0.29) is 5.69 Å². The zero-order chi connectivity index (χ0) is 15.5. The maximum atomic E-state index is 13.4. The number of hydrogen-bond acceptors (Lipinski definition) is 4. The summed E-state index contributed by atoms with van der Waals surface area (Å²) in [5, 5.41) is 14.6. The molecule has 120 valence electrons. The summed E-state index contributed by atoms with van der Waals surface area (Å²) < 4.78 is 13.4. The minimum Gasteiger partial charge on any atom is -0.314 e. The second-order valence-electron chi connectivity index (χ2n) is 6.35. The quantitative estimate of drug-likeness (QED) is 0.686. The van der Waals surface area contributed by atoms with Gasteiger partial charge in [0.1, 0.15) is 5.82 Å². The molecule has 1 unspecified atom stereocenters. The first-order chi connectivity index (χ1) is 10.6. The molecule has 2 fully saturated rings. The van der Waals surface area contributed by atoms with Crippen LogP contribution >= 0.6 is 0 Å². The Morgan fingerprint density at radius 1 is 1.32 bits per heavy atom. The normalized spacial score (nSPS) is 23.8. The van der Waals surface area contributed by atoms with E-state index in [0.717, 1.165) is 38.5 Å². The van der Waals surface area contributed by atoms with Crippen LogP contribution in [0.4, 0.5) is 10.1 Å². The van der Waals surface area contributed by atoms with Crippen molar-refractivity contribution in [2.24, 2.45) is 5.92 Å². The molecular weight excluding hydrogens is 285 g/mol. The van der Waals surface area contributed by atoms with Gasteiger partial charge in [-0.05, 0) is 63.4 Å². The van der Waals surface area contributed by atoms with E-state index >= 15 is 0 Å². The van der Waals surface area contributed by atoms with Crippen LogP contribution in [0.2, 0.25) is 0 Å². The lowest BCUT2D eigenvalue weighted by molar-refractivity contribution is -0.385. The second-order valence-corrected chi connectivity index (χ2v) is 6.35. The van der Waals surface area contributed by atoms with Crippen LogP contribution in [-0.2, 0) is 6.54 Å². The Hall–Kier alpha value is -1.53. The molecular formula is C16H22FN3O2. The number of benzene rings is 1. The number of hydrogen-bond donors (Lipinski definition) is 1. The van der Waals surface area contributed by atoms with Crippen LogP contribution in [-0.4, -0.2) is 35.5 Å². The van der Waals surface area contributed by atoms with E-state index in [0.29, 0.717) is 24.1 Å². The minimum atomic E-state index is -0.427. The van der Waals surface area contributed by atoms with E-state index < -0.39 is 10.7 Å². The van der Waals surface area contributed by atoms with Gasteiger partial charge in [0.25, 0.3) is 5.69 Å². The van der Waals surface area contributed by atoms with Crippen molar-refractivity contribution in [3.8, 4) is 0 Å². The van der Waals surface area contributed by atoms with Gasteiger partial charge < -0.3 is 5.32 Å². The van der Waals surface area contributed by atoms with Gasteiger partial charge >= 0.3 is 0 Å². The van der Waals surface area contributed by atoms with Gasteiger partial charge in [-0.15, -0.1) is 0 Å². The molecule has 0 radical (unpaired) electrons. The zero-order valence-corrected chi connectivity index (χ0v) is 12.6. The summed E-state index contributed by atoms with van der Waals surface area (Å²) >= 11 is 0. The highest BCUT2D eigenvalue weighted by Gasteiger charge is 2.29. The van der Waals surface area contributed by atoms with Crippen LogP contribution in [0.15, 0.2) is 18.2 Å². The van der Waals surface area contributed by atoms with Gasteiger partial charge in [0.2, 0.25) is 0 Å². The first-order valence-corrected chi connectivity index (χ1v) is 8.02. The summed E-state index contributed by atoms with van der Waals surface area (Å²) in [6.45, 7) is 3.44. The summed E-state index contributed by atoms with van der Waals surface area (Å²) in [6, 6.07) is 4.35. The molecule has 0 saturated carbocycles. The minimum absolute atomic E-state index is 0.0148. The van der Waals surface area contributed by atoms with Gasteiger partial charge in [-0.25, -0.2) is 4.39 Å². The molecule has 1 atom stereocenters. The average Bonchev–Trinajstić information content (AvgIpc) is 3.02. The number of nitrogens with one attached hydrogen (secondary N) is 1. The molecule has 0 amide bonds. The Morgan fingerprint density at radius 2 is 2.09 bits per heavy atom. The largest absolute Gasteiger partial charge is 0.314 e. The number of piperidine rings is 1. The monoisotopic (exact) mass is 307 g/mol. The number of likely N-dealkylation sites (tertiary alicyclic amines) is 1. The van der Waals surface area contributed by atoms with Crippen molar-refractivity contribution in [2.75, 3.05) is 19.6 Å². The van der Waals surface area contributed by atoms with Gasteiger partial charge in [-0.1, -0.05) is 0 Å². The van der Waals surface area contributed by atoms with E-state index in [9.17, 15) is 14.5 Å². The molecule has 6 heteroatoms. The lowest BCUT2D eigenvalue weighted by Crippen LogP contribution is -2.40. The summed E-state index contributed by atoms with van der Waals surface area (Å²) in [5.74, 6) is 0.298. The lowest BCUT2D eigenvalue weighted by Gasteiger charge is -2.34. The van der Waals surface area contributed by atoms with E-state index in [1.807, 2.05) is 0 Å². The fourth-order valence-corrected chi connectivity index (χ4v) is 3.73. The molecule has 1 aromatic carbocycles. The predicted molar refractivity (Wildman–Crippen MR) is 82.1 cm³/mol. The third-order valence-electron chi connectivity index (χ3n) is 4.93. The van der Waals surface area contributed by atoms with Gasteiger partial charge in [-0.3, -0.25) is 15.0 Å². The number of rotatable bonds is 4. The van der Waals surface area contributed by atoms with Gasteiger partial charge in [0.15, 0.2) is 0 Å². The standard InChI is InChI=1S/C16H22FN3O2/c17-14-3-4-16(20(21)22)13(10-14)11-19-8-5-12(6-9-19)15-2-1-7-18-15/h3-4,10,12,15,18H,1-2,5-9,11H2. The fraction of sp³-hybridized carbons (Fsp3) is 0.625. The van der Waals surface area contributed by atoms with Gasteiger partial charge in [-0.2, -0.15) is 0 Å². The molecule has 1 aromatic rings. The van der Waals surface area contributed by atoms with E-state index in [2.05, 4.69) is 10.2 Å². The van der Waals surface area contributed by atoms with Crippen molar-refractivity contribution >= 4 is 5.69 Å². The van der Waals surface area contributed by atoms with Crippen LogP contribution < -0.4 is 5.32 Å². The maximum Gasteiger partial charge on any atom is 0.274 e. The van der Waals surface area contributed by atoms with Crippen LogP contribution in [0.1, 0.15) is 31.2 Å². The van der Waals surface area contributed by atoms with Crippen molar-refractivity contribution in [1.82, 2.24) is 10.2 Å². The topological polar surface area (TPSA) is 58.4 Å². The third-order valence-corrected chi connectivity index (χ3v) is 4.93. The molecule has 3 rings (SSSR count). The van der Waals surface area contributed by atoms with Crippen molar-refractivity contribution < 1.29 is 9.31 Å². The molecule has 2 heterocycles. The smallest absolute Gasteiger partial charge is 0.274 e. The van der Waals surface area contributed by atoms with Crippen molar-refractivity contribution in [1.29, 1.82) is 0 Å². The third kappa shape index (κ3) is 3.44. The average molecular weight is 307 g/mol. The summed E-state index contributed by atoms with van der Waals surface area (Å²) in [6.07, 6.45) is 4.75. The molecule has 0 aliphatic carbocycles. The first-order valence-electron chi connectivity index (χ1n) is 8.02. The molecule has 0 aromatic heterocycles. The number of nitrogens with zero attached hydrogens (tertiary/aromatic N) is 2. The van der Waals surface area contributed by atoms with Crippen LogP contribution in [0.3, 0.4) is 0 Å². The highest BCUT2D eigenvalue weighted by Crippen LogP contribution is 2.28. The number of nitro benzene ring substituents is 1. The van der Waals surface area contributed by atoms with Crippen LogP contribution in [0.25, 0.3) is 0 Å². The summed E-state index contributed by atoms with van der Waals surface area (Å²) in [4.78, 5) is 12.8.